The first-order valence-corrected chi connectivity index (χ1v) is 5.60. The molecule has 0 fully saturated rings. The number of carbonyl (C=O) groups excluding carboxylic acids is 1. The lowest BCUT2D eigenvalue weighted by Crippen LogP contribution is -2.22. The third-order valence-electron chi connectivity index (χ3n) is 2.93. The molecule has 82 valence electrons. The Morgan fingerprint density at radius 2 is 1.59 bits per heavy atom. The highest BCUT2D eigenvalue weighted by atomic mass is 16.1. The number of nitrogens with zero attached hydrogens (tertiary/aromatic N) is 1. The fraction of sp³-hybridized carbons (Fsp3) is 0.0667. The van der Waals surface area contributed by atoms with Crippen molar-refractivity contribution < 1.29 is 4.79 Å². The van der Waals surface area contributed by atoms with Gasteiger partial charge in [0.1, 0.15) is 0 Å². The monoisotopic (exact) mass is 221 g/mol. The second kappa shape index (κ2) is 3.98. The lowest BCUT2D eigenvalue weighted by atomic mass is 10.0. The molecular formula is C15H11NO. The van der Waals surface area contributed by atoms with Crippen LogP contribution in [0.1, 0.15) is 5.56 Å². The standard InChI is InChI=1S/C15H11NO/c17-15-13(10-11-6-2-1-3-7-11)12-8-4-5-9-14(12)16-15/h1-9H,10H2. The minimum absolute atomic E-state index is 0.102. The molecule has 1 aliphatic rings. The molecule has 0 spiro atoms. The Kier molecular flexibility index (Phi) is 2.33. The Labute approximate surface area is 98.9 Å². The van der Waals surface area contributed by atoms with Gasteiger partial charge in [-0.15, -0.1) is 0 Å². The molecular weight excluding hydrogens is 210 g/mol. The smallest absolute Gasteiger partial charge is 0.267 e. The van der Waals surface area contributed by atoms with Crippen LogP contribution in [0.25, 0.3) is 5.57 Å². The molecule has 0 radical (unpaired) electrons. The van der Waals surface area contributed by atoms with Gasteiger partial charge in [0.2, 0.25) is 0 Å². The molecule has 3 rings (SSSR count). The number of benzene rings is 2. The Hall–Kier alpha value is -2.22. The van der Waals surface area contributed by atoms with Crippen LogP contribution >= 0.6 is 0 Å². The van der Waals surface area contributed by atoms with Gasteiger partial charge in [-0.1, -0.05) is 48.5 Å². The number of hydrogen-bond acceptors (Lipinski definition) is 1. The molecule has 0 N–H and O–H groups in total. The largest absolute Gasteiger partial charge is 0.274 e. The van der Waals surface area contributed by atoms with Crippen LogP contribution < -0.4 is 10.6 Å². The lowest BCUT2D eigenvalue weighted by Gasteiger charge is -2.00. The van der Waals surface area contributed by atoms with Gasteiger partial charge in [-0.25, -0.2) is 4.99 Å². The fourth-order valence-corrected chi connectivity index (χ4v) is 2.09. The van der Waals surface area contributed by atoms with E-state index in [1.807, 2.05) is 54.6 Å². The van der Waals surface area contributed by atoms with Gasteiger partial charge in [0.05, 0.1) is 5.36 Å². The van der Waals surface area contributed by atoms with E-state index in [9.17, 15) is 4.79 Å². The van der Waals surface area contributed by atoms with E-state index in [4.69, 9.17) is 0 Å². The van der Waals surface area contributed by atoms with Crippen molar-refractivity contribution >= 4 is 11.5 Å². The summed E-state index contributed by atoms with van der Waals surface area (Å²) in [4.78, 5) is 15.9. The average Bonchev–Trinajstić information content (AvgIpc) is 2.68. The zero-order chi connectivity index (χ0) is 11.7. The maximum absolute atomic E-state index is 11.8. The van der Waals surface area contributed by atoms with E-state index in [-0.39, 0.29) is 5.91 Å². The molecule has 0 saturated heterocycles. The predicted molar refractivity (Wildman–Crippen MR) is 65.8 cm³/mol. The first-order valence-electron chi connectivity index (χ1n) is 5.60. The molecule has 2 aromatic carbocycles. The molecule has 1 amide bonds. The second-order valence-corrected chi connectivity index (χ2v) is 4.08. The molecule has 2 nitrogen and oxygen atoms in total. The van der Waals surface area contributed by atoms with Gasteiger partial charge in [-0.2, -0.15) is 0 Å². The third kappa shape index (κ3) is 1.78. The summed E-state index contributed by atoms with van der Waals surface area (Å²) in [6.07, 6.45) is 0.653. The van der Waals surface area contributed by atoms with Gasteiger partial charge >= 0.3 is 0 Å². The SMILES string of the molecule is O=C1N=c2ccccc2=C1Cc1ccccc1. The number of rotatable bonds is 2. The van der Waals surface area contributed by atoms with Crippen molar-refractivity contribution in [1.82, 2.24) is 0 Å². The van der Waals surface area contributed by atoms with E-state index in [1.54, 1.807) is 0 Å². The van der Waals surface area contributed by atoms with Crippen molar-refractivity contribution in [1.29, 1.82) is 0 Å². The van der Waals surface area contributed by atoms with E-state index >= 15 is 0 Å². The molecule has 2 heteroatoms. The summed E-state index contributed by atoms with van der Waals surface area (Å²) in [5.41, 5.74) is 1.94. The van der Waals surface area contributed by atoms with Crippen molar-refractivity contribution in [2.24, 2.45) is 4.99 Å². The topological polar surface area (TPSA) is 29.4 Å². The molecule has 2 aromatic rings. The molecule has 17 heavy (non-hydrogen) atoms. The fourth-order valence-electron chi connectivity index (χ4n) is 2.09. The van der Waals surface area contributed by atoms with E-state index in [0.717, 1.165) is 21.7 Å². The van der Waals surface area contributed by atoms with Gasteiger partial charge in [-0.3, -0.25) is 4.79 Å². The first kappa shape index (κ1) is 9.97. The maximum atomic E-state index is 11.8. The van der Waals surface area contributed by atoms with E-state index in [1.165, 1.54) is 0 Å². The Morgan fingerprint density at radius 3 is 2.41 bits per heavy atom. The molecule has 0 aromatic heterocycles. The summed E-state index contributed by atoms with van der Waals surface area (Å²) in [5.74, 6) is -0.102. The molecule has 0 saturated carbocycles. The van der Waals surface area contributed by atoms with Crippen LogP contribution in [0, 0.1) is 0 Å². The third-order valence-corrected chi connectivity index (χ3v) is 2.93. The van der Waals surface area contributed by atoms with Crippen molar-refractivity contribution in [3.63, 3.8) is 0 Å². The van der Waals surface area contributed by atoms with Crippen LogP contribution in [0.15, 0.2) is 59.6 Å². The number of fused-ring (bicyclic) bond motifs is 1. The average molecular weight is 221 g/mol. The van der Waals surface area contributed by atoms with Crippen LogP contribution in [-0.2, 0) is 11.2 Å². The van der Waals surface area contributed by atoms with Gasteiger partial charge < -0.3 is 0 Å². The molecule has 1 aliphatic heterocycles. The highest BCUT2D eigenvalue weighted by Crippen LogP contribution is 2.10. The molecule has 0 aliphatic carbocycles. The molecule has 0 bridgehead atoms. The van der Waals surface area contributed by atoms with E-state index < -0.39 is 0 Å². The summed E-state index contributed by atoms with van der Waals surface area (Å²) in [6.45, 7) is 0. The van der Waals surface area contributed by atoms with E-state index in [2.05, 4.69) is 4.99 Å². The summed E-state index contributed by atoms with van der Waals surface area (Å²) < 4.78 is 0. The molecule has 0 unspecified atom stereocenters. The van der Waals surface area contributed by atoms with Gasteiger partial charge in [0, 0.05) is 17.2 Å². The van der Waals surface area contributed by atoms with Crippen LogP contribution in [0.5, 0.6) is 0 Å². The lowest BCUT2D eigenvalue weighted by molar-refractivity contribution is -0.112. The maximum Gasteiger partial charge on any atom is 0.274 e. The summed E-state index contributed by atoms with van der Waals surface area (Å²) in [7, 11) is 0. The zero-order valence-electron chi connectivity index (χ0n) is 9.26. The number of para-hydroxylation sites is 1. The highest BCUT2D eigenvalue weighted by Gasteiger charge is 2.15. The van der Waals surface area contributed by atoms with Crippen LogP contribution in [0.3, 0.4) is 0 Å². The summed E-state index contributed by atoms with van der Waals surface area (Å²) in [5, 5.41) is 1.77. The summed E-state index contributed by atoms with van der Waals surface area (Å²) >= 11 is 0. The van der Waals surface area contributed by atoms with Crippen LogP contribution in [-0.4, -0.2) is 5.91 Å². The highest BCUT2D eigenvalue weighted by molar-refractivity contribution is 6.15. The quantitative estimate of drug-likeness (QED) is 0.750. The number of hydrogen-bond donors (Lipinski definition) is 0. The van der Waals surface area contributed by atoms with Crippen LogP contribution in [0.4, 0.5) is 0 Å². The Balaban J connectivity index is 2.11. The van der Waals surface area contributed by atoms with Crippen molar-refractivity contribution in [2.75, 3.05) is 0 Å². The van der Waals surface area contributed by atoms with Crippen molar-refractivity contribution in [3.8, 4) is 0 Å². The van der Waals surface area contributed by atoms with Crippen molar-refractivity contribution in [2.45, 2.75) is 6.42 Å². The number of amides is 1. The number of carbonyl (C=O) groups is 1. The minimum Gasteiger partial charge on any atom is -0.267 e. The minimum atomic E-state index is -0.102. The molecule has 1 heterocycles. The molecule has 0 atom stereocenters. The normalized spacial score (nSPS) is 13.4. The predicted octanol–water partition coefficient (Wildman–Crippen LogP) is 1.24. The zero-order valence-corrected chi connectivity index (χ0v) is 9.26. The summed E-state index contributed by atoms with van der Waals surface area (Å²) in [6, 6.07) is 17.7. The van der Waals surface area contributed by atoms with Gasteiger partial charge in [0.15, 0.2) is 0 Å². The second-order valence-electron chi connectivity index (χ2n) is 4.08. The van der Waals surface area contributed by atoms with Gasteiger partial charge in [-0.05, 0) is 11.6 Å². The Bertz CT molecular complexity index is 686. The van der Waals surface area contributed by atoms with Crippen molar-refractivity contribution in [3.05, 3.63) is 70.7 Å². The van der Waals surface area contributed by atoms with Crippen LogP contribution in [0.2, 0.25) is 0 Å². The van der Waals surface area contributed by atoms with E-state index in [0.29, 0.717) is 6.42 Å². The van der Waals surface area contributed by atoms with Gasteiger partial charge in [0.25, 0.3) is 5.91 Å². The Morgan fingerprint density at radius 1 is 0.882 bits per heavy atom. The first-order chi connectivity index (χ1) is 8.34.